The van der Waals surface area contributed by atoms with Crippen LogP contribution in [0.3, 0.4) is 0 Å². The minimum atomic E-state index is -4.54. The lowest BCUT2D eigenvalue weighted by Gasteiger charge is -2.31. The molecule has 0 aromatic carbocycles. The minimum absolute atomic E-state index is 0.0925. The van der Waals surface area contributed by atoms with Crippen molar-refractivity contribution in [3.05, 3.63) is 12.7 Å². The first-order valence-electron chi connectivity index (χ1n) is 7.22. The van der Waals surface area contributed by atoms with Crippen LogP contribution < -0.4 is 16.4 Å². The maximum absolute atomic E-state index is 12.4. The number of nitrogens with zero attached hydrogens (tertiary/aromatic N) is 1. The molecule has 0 aliphatic carbocycles. The third-order valence-corrected chi connectivity index (χ3v) is 4.48. The third kappa shape index (κ3) is 6.79. The second kappa shape index (κ2) is 9.53. The molecule has 138 valence electrons. The fourth-order valence-corrected chi connectivity index (χ4v) is 2.33. The van der Waals surface area contributed by atoms with Crippen molar-refractivity contribution in [3.8, 4) is 0 Å². The van der Waals surface area contributed by atoms with E-state index in [0.717, 1.165) is 4.90 Å². The Bertz CT molecular complexity index is 535. The molecule has 0 aliphatic rings. The molecule has 0 radical (unpaired) electrons. The normalized spacial score (nSPS) is 14.9. The van der Waals surface area contributed by atoms with Crippen LogP contribution in [-0.2, 0) is 18.9 Å². The molecule has 0 aromatic rings. The van der Waals surface area contributed by atoms with Gasteiger partial charge in [-0.05, 0) is 20.8 Å². The van der Waals surface area contributed by atoms with Gasteiger partial charge in [0.25, 0.3) is 0 Å². The van der Waals surface area contributed by atoms with Crippen LogP contribution in [0, 0.1) is 0 Å². The van der Waals surface area contributed by atoms with E-state index in [-0.39, 0.29) is 13.1 Å². The van der Waals surface area contributed by atoms with Crippen molar-refractivity contribution < 1.29 is 28.7 Å². The molecule has 0 fully saturated rings. The molecule has 24 heavy (non-hydrogen) atoms. The first-order chi connectivity index (χ1) is 10.9. The van der Waals surface area contributed by atoms with Crippen molar-refractivity contribution >= 4 is 25.3 Å². The molecule has 6 N–H and O–H groups in total. The van der Waals surface area contributed by atoms with E-state index in [0.29, 0.717) is 0 Å². The van der Waals surface area contributed by atoms with Gasteiger partial charge in [-0.15, -0.1) is 6.58 Å². The molecule has 0 saturated carbocycles. The quantitative estimate of drug-likeness (QED) is 0.245. The van der Waals surface area contributed by atoms with Crippen LogP contribution in [-0.4, -0.2) is 63.4 Å². The van der Waals surface area contributed by atoms with Crippen LogP contribution in [0.2, 0.25) is 0 Å². The zero-order chi connectivity index (χ0) is 19.1. The van der Waals surface area contributed by atoms with Crippen LogP contribution in [0.15, 0.2) is 12.7 Å². The van der Waals surface area contributed by atoms with Crippen LogP contribution in [0.1, 0.15) is 20.8 Å². The summed E-state index contributed by atoms with van der Waals surface area (Å²) in [7, 11) is -4.54. The Kier molecular flexibility index (Phi) is 8.84. The number of hydrogen-bond donors (Lipinski definition) is 5. The predicted molar refractivity (Wildman–Crippen MR) is 87.7 cm³/mol. The highest BCUT2D eigenvalue weighted by molar-refractivity contribution is 7.52. The smallest absolute Gasteiger partial charge is 0.343 e. The molecule has 0 aromatic heterocycles. The number of rotatable bonds is 9. The molecule has 0 aliphatic heterocycles. The van der Waals surface area contributed by atoms with E-state index in [1.54, 1.807) is 0 Å². The Morgan fingerprint density at radius 1 is 1.21 bits per heavy atom. The highest BCUT2D eigenvalue weighted by Crippen LogP contribution is 2.42. The Balaban J connectivity index is 4.99. The van der Waals surface area contributed by atoms with E-state index in [9.17, 15) is 28.7 Å². The van der Waals surface area contributed by atoms with E-state index >= 15 is 0 Å². The summed E-state index contributed by atoms with van der Waals surface area (Å²) >= 11 is 0. The Hall–Kier alpha value is -1.74. The average Bonchev–Trinajstić information content (AvgIpc) is 2.49. The van der Waals surface area contributed by atoms with Crippen LogP contribution in [0.4, 0.5) is 0 Å². The van der Waals surface area contributed by atoms with Crippen LogP contribution in [0.5, 0.6) is 0 Å². The Labute approximate surface area is 140 Å². The lowest BCUT2D eigenvalue weighted by molar-refractivity contribution is -0.137. The van der Waals surface area contributed by atoms with Gasteiger partial charge in [0.1, 0.15) is 17.9 Å². The summed E-state index contributed by atoms with van der Waals surface area (Å²) in [6.07, 6.45) is 1.32. The first kappa shape index (κ1) is 22.3. The predicted octanol–water partition coefficient (Wildman–Crippen LogP) is -1.51. The molecule has 3 amide bonds. The zero-order valence-electron chi connectivity index (χ0n) is 13.9. The monoisotopic (exact) mass is 364 g/mol. The van der Waals surface area contributed by atoms with E-state index in [2.05, 4.69) is 17.2 Å². The molecule has 0 rings (SSSR count). The van der Waals surface area contributed by atoms with E-state index in [4.69, 9.17) is 5.73 Å². The third-order valence-electron chi connectivity index (χ3n) is 3.23. The van der Waals surface area contributed by atoms with Crippen molar-refractivity contribution in [1.82, 2.24) is 15.5 Å². The largest absolute Gasteiger partial charge is 0.347 e. The van der Waals surface area contributed by atoms with Gasteiger partial charge in [-0.25, -0.2) is 0 Å². The highest BCUT2D eigenvalue weighted by Gasteiger charge is 2.35. The SMILES string of the molecule is C=CCN(C(=O)[C@H](C)NC(=O)[C@H](C)NC(=O)CN)[C@@H](C)P(=O)(O)O. The van der Waals surface area contributed by atoms with Gasteiger partial charge < -0.3 is 31.1 Å². The van der Waals surface area contributed by atoms with Gasteiger partial charge in [-0.2, -0.15) is 0 Å². The Morgan fingerprint density at radius 2 is 1.75 bits per heavy atom. The molecule has 0 saturated heterocycles. The van der Waals surface area contributed by atoms with Gasteiger partial charge in [0.15, 0.2) is 0 Å². The number of nitrogens with one attached hydrogen (secondary N) is 2. The second-order valence-electron chi connectivity index (χ2n) is 5.22. The highest BCUT2D eigenvalue weighted by atomic mass is 31.2. The maximum Gasteiger partial charge on any atom is 0.347 e. The molecule has 0 spiro atoms. The molecule has 10 nitrogen and oxygen atoms in total. The summed E-state index contributed by atoms with van der Waals surface area (Å²) in [5.74, 6) is -3.20. The number of hydrogen-bond acceptors (Lipinski definition) is 5. The number of nitrogens with two attached hydrogens (primary N) is 1. The van der Waals surface area contributed by atoms with Gasteiger partial charge in [0.05, 0.1) is 6.54 Å². The molecular weight excluding hydrogens is 339 g/mol. The fraction of sp³-hybridized carbons (Fsp3) is 0.615. The van der Waals surface area contributed by atoms with Gasteiger partial charge in [0, 0.05) is 6.54 Å². The topological polar surface area (TPSA) is 162 Å². The van der Waals surface area contributed by atoms with Crippen molar-refractivity contribution in [2.24, 2.45) is 5.73 Å². The lowest BCUT2D eigenvalue weighted by Crippen LogP contribution is -2.54. The van der Waals surface area contributed by atoms with Crippen molar-refractivity contribution in [3.63, 3.8) is 0 Å². The maximum atomic E-state index is 12.4. The summed E-state index contributed by atoms with van der Waals surface area (Å²) in [6.45, 7) is 7.07. The average molecular weight is 364 g/mol. The van der Waals surface area contributed by atoms with Crippen molar-refractivity contribution in [2.75, 3.05) is 13.1 Å². The summed E-state index contributed by atoms with van der Waals surface area (Å²) < 4.78 is 11.4. The molecule has 0 bridgehead atoms. The van der Waals surface area contributed by atoms with Gasteiger partial charge >= 0.3 is 7.60 Å². The number of carbonyl (C=O) groups is 3. The number of amides is 3. The van der Waals surface area contributed by atoms with Gasteiger partial charge in [-0.3, -0.25) is 18.9 Å². The van der Waals surface area contributed by atoms with Gasteiger partial charge in [-0.1, -0.05) is 6.08 Å². The van der Waals surface area contributed by atoms with E-state index in [1.807, 2.05) is 0 Å². The van der Waals surface area contributed by atoms with Gasteiger partial charge in [0.2, 0.25) is 17.7 Å². The molecule has 0 unspecified atom stereocenters. The first-order valence-corrected chi connectivity index (χ1v) is 8.90. The second-order valence-corrected chi connectivity index (χ2v) is 7.15. The van der Waals surface area contributed by atoms with E-state index in [1.165, 1.54) is 26.8 Å². The molecule has 11 heteroatoms. The zero-order valence-corrected chi connectivity index (χ0v) is 14.8. The molecule has 0 heterocycles. The van der Waals surface area contributed by atoms with Crippen LogP contribution >= 0.6 is 7.60 Å². The molecular formula is C13H25N4O6P. The number of carbonyl (C=O) groups excluding carboxylic acids is 3. The standard InChI is InChI=1S/C13H25N4O6P/c1-5-6-17(10(4)24(21,22)23)13(20)9(3)16-12(19)8(2)15-11(18)7-14/h5,8-10H,1,6-7,14H2,2-4H3,(H,15,18)(H,16,19)(H2,21,22,23)/t8-,9-,10+/m0/s1. The fourth-order valence-electron chi connectivity index (χ4n) is 1.76. The summed E-state index contributed by atoms with van der Waals surface area (Å²) in [5.41, 5.74) is 5.13. The molecule has 3 atom stereocenters. The van der Waals surface area contributed by atoms with Crippen LogP contribution in [0.25, 0.3) is 0 Å². The van der Waals surface area contributed by atoms with Crippen molar-refractivity contribution in [2.45, 2.75) is 38.6 Å². The Morgan fingerprint density at radius 3 is 2.17 bits per heavy atom. The lowest BCUT2D eigenvalue weighted by atomic mass is 10.2. The van der Waals surface area contributed by atoms with E-state index < -0.39 is 43.2 Å². The summed E-state index contributed by atoms with van der Waals surface area (Å²) in [4.78, 5) is 54.9. The summed E-state index contributed by atoms with van der Waals surface area (Å²) in [6, 6.07) is -1.97. The van der Waals surface area contributed by atoms with Crippen molar-refractivity contribution in [1.29, 1.82) is 0 Å². The minimum Gasteiger partial charge on any atom is -0.343 e. The summed E-state index contributed by atoms with van der Waals surface area (Å²) in [5, 5.41) is 4.71.